The van der Waals surface area contributed by atoms with Crippen LogP contribution in [0.5, 0.6) is 0 Å². The Bertz CT molecular complexity index is 599. The maximum Gasteiger partial charge on any atom is 0.273 e. The number of nitrogen functional groups attached to an aromatic ring is 1. The first-order chi connectivity index (χ1) is 7.99. The number of nitrogens with zero attached hydrogens (tertiary/aromatic N) is 2. The lowest BCUT2D eigenvalue weighted by atomic mass is 10.1. The van der Waals surface area contributed by atoms with Crippen molar-refractivity contribution in [3.05, 3.63) is 37.7 Å². The summed E-state index contributed by atoms with van der Waals surface area (Å²) in [4.78, 5) is 9.91. The van der Waals surface area contributed by atoms with Gasteiger partial charge >= 0.3 is 0 Å². The first-order valence-electron chi connectivity index (χ1n) is 4.35. The molecule has 0 saturated heterocycles. The van der Waals surface area contributed by atoms with Gasteiger partial charge in [0.25, 0.3) is 5.69 Å². The van der Waals surface area contributed by atoms with Gasteiger partial charge < -0.3 is 10.3 Å². The lowest BCUT2D eigenvalue weighted by Gasteiger charge is -1.98. The van der Waals surface area contributed by atoms with Crippen molar-refractivity contribution in [3.8, 4) is 11.3 Å². The number of non-ortho nitro benzene ring substituents is 1. The summed E-state index contributed by atoms with van der Waals surface area (Å²) in [7, 11) is 0. The normalized spacial score (nSPS) is 10.5. The summed E-state index contributed by atoms with van der Waals surface area (Å²) in [5.41, 5.74) is 5.35. The number of anilines is 1. The summed E-state index contributed by atoms with van der Waals surface area (Å²) in [6.45, 7) is 0. The van der Waals surface area contributed by atoms with Crippen LogP contribution in [-0.2, 0) is 0 Å². The zero-order chi connectivity index (χ0) is 12.6. The Labute approximate surface area is 108 Å². The number of aromatic nitrogens is 1. The van der Waals surface area contributed by atoms with Gasteiger partial charge in [-0.05, 0) is 28.7 Å². The molecular formula is C9H5FIN3O3. The molecule has 2 N–H and O–H groups in total. The molecule has 6 nitrogen and oxygen atoms in total. The highest BCUT2D eigenvalue weighted by atomic mass is 127. The van der Waals surface area contributed by atoms with Crippen LogP contribution in [0.15, 0.2) is 22.7 Å². The number of hydrogen-bond acceptors (Lipinski definition) is 5. The van der Waals surface area contributed by atoms with Gasteiger partial charge in [0, 0.05) is 11.6 Å². The van der Waals surface area contributed by atoms with Crippen LogP contribution in [-0.4, -0.2) is 10.1 Å². The second-order valence-electron chi connectivity index (χ2n) is 3.17. The molecule has 0 fully saturated rings. The quantitative estimate of drug-likeness (QED) is 0.511. The van der Waals surface area contributed by atoms with Gasteiger partial charge in [-0.15, -0.1) is 0 Å². The molecule has 0 radical (unpaired) electrons. The van der Waals surface area contributed by atoms with E-state index in [9.17, 15) is 14.5 Å². The number of halogens is 2. The first kappa shape index (κ1) is 11.8. The third-order valence-corrected chi connectivity index (χ3v) is 3.06. The van der Waals surface area contributed by atoms with E-state index in [-0.39, 0.29) is 22.8 Å². The highest BCUT2D eigenvalue weighted by molar-refractivity contribution is 14.1. The van der Waals surface area contributed by atoms with Crippen LogP contribution < -0.4 is 5.73 Å². The fourth-order valence-electron chi connectivity index (χ4n) is 1.28. The van der Waals surface area contributed by atoms with Gasteiger partial charge in [-0.2, -0.15) is 0 Å². The molecule has 8 heteroatoms. The van der Waals surface area contributed by atoms with Crippen LogP contribution in [0.25, 0.3) is 11.3 Å². The Hall–Kier alpha value is -1.71. The Morgan fingerprint density at radius 3 is 2.71 bits per heavy atom. The Morgan fingerprint density at radius 2 is 2.18 bits per heavy atom. The molecule has 17 heavy (non-hydrogen) atoms. The molecule has 0 spiro atoms. The average Bonchev–Trinajstić information content (AvgIpc) is 2.59. The van der Waals surface area contributed by atoms with E-state index in [1.807, 2.05) is 22.6 Å². The molecule has 2 rings (SSSR count). The number of nitrogens with two attached hydrogens (primary N) is 1. The van der Waals surface area contributed by atoms with E-state index in [2.05, 4.69) is 5.16 Å². The van der Waals surface area contributed by atoms with E-state index in [4.69, 9.17) is 10.3 Å². The van der Waals surface area contributed by atoms with E-state index in [0.29, 0.717) is 3.57 Å². The smallest absolute Gasteiger partial charge is 0.273 e. The second-order valence-corrected chi connectivity index (χ2v) is 4.24. The van der Waals surface area contributed by atoms with Crippen molar-refractivity contribution in [2.75, 3.05) is 5.73 Å². The standard InChI is InChI=1S/C9H5FIN3O3/c10-5-1-4(2-6(3-5)14(15)16)8-7(11)9(12)13-17-8/h1-3H,(H2,12,13). The summed E-state index contributed by atoms with van der Waals surface area (Å²) >= 11 is 1.87. The minimum absolute atomic E-state index is 0.160. The van der Waals surface area contributed by atoms with Crippen LogP contribution in [0.1, 0.15) is 0 Å². The number of nitro groups is 1. The summed E-state index contributed by atoms with van der Waals surface area (Å²) < 4.78 is 18.6. The molecule has 0 aliphatic rings. The largest absolute Gasteiger partial charge is 0.380 e. The third kappa shape index (κ3) is 2.20. The van der Waals surface area contributed by atoms with E-state index in [1.165, 1.54) is 6.07 Å². The van der Waals surface area contributed by atoms with E-state index < -0.39 is 10.7 Å². The Kier molecular flexibility index (Phi) is 2.96. The van der Waals surface area contributed by atoms with Crippen LogP contribution >= 0.6 is 22.6 Å². The molecule has 1 aromatic carbocycles. The molecule has 88 valence electrons. The monoisotopic (exact) mass is 349 g/mol. The molecule has 0 amide bonds. The summed E-state index contributed by atoms with van der Waals surface area (Å²) in [6.07, 6.45) is 0. The zero-order valence-electron chi connectivity index (χ0n) is 8.18. The number of hydrogen-bond donors (Lipinski definition) is 1. The molecule has 0 aliphatic carbocycles. The summed E-state index contributed by atoms with van der Waals surface area (Å²) in [5, 5.41) is 14.1. The van der Waals surface area contributed by atoms with E-state index in [0.717, 1.165) is 12.1 Å². The maximum absolute atomic E-state index is 13.2. The van der Waals surface area contributed by atoms with Gasteiger partial charge in [-0.1, -0.05) is 5.16 Å². The Balaban J connectivity index is 2.60. The number of rotatable bonds is 2. The molecule has 2 aromatic rings. The van der Waals surface area contributed by atoms with Gasteiger partial charge in [0.05, 0.1) is 11.0 Å². The van der Waals surface area contributed by atoms with Crippen LogP contribution in [0.3, 0.4) is 0 Å². The van der Waals surface area contributed by atoms with Crippen LogP contribution in [0.2, 0.25) is 0 Å². The van der Waals surface area contributed by atoms with Gasteiger partial charge in [0.2, 0.25) is 0 Å². The molecule has 0 unspecified atom stereocenters. The topological polar surface area (TPSA) is 95.2 Å². The SMILES string of the molecule is Nc1noc(-c2cc(F)cc([N+](=O)[O-])c2)c1I. The molecule has 1 heterocycles. The van der Waals surface area contributed by atoms with Gasteiger partial charge in [-0.3, -0.25) is 10.1 Å². The third-order valence-electron chi connectivity index (χ3n) is 2.02. The highest BCUT2D eigenvalue weighted by Crippen LogP contribution is 2.31. The van der Waals surface area contributed by atoms with Crippen molar-refractivity contribution in [2.45, 2.75) is 0 Å². The van der Waals surface area contributed by atoms with Gasteiger partial charge in [-0.25, -0.2) is 4.39 Å². The molecule has 1 aromatic heterocycles. The molecule has 0 saturated carbocycles. The average molecular weight is 349 g/mol. The second kappa shape index (κ2) is 4.28. The van der Waals surface area contributed by atoms with Crippen LogP contribution in [0.4, 0.5) is 15.9 Å². The Morgan fingerprint density at radius 1 is 1.47 bits per heavy atom. The first-order valence-corrected chi connectivity index (χ1v) is 5.43. The van der Waals surface area contributed by atoms with Crippen LogP contribution in [0, 0.1) is 19.5 Å². The van der Waals surface area contributed by atoms with Crippen molar-refractivity contribution < 1.29 is 13.8 Å². The summed E-state index contributed by atoms with van der Waals surface area (Å²) in [5.74, 6) is -0.349. The fourth-order valence-corrected chi connectivity index (χ4v) is 1.79. The van der Waals surface area contributed by atoms with Crippen molar-refractivity contribution in [3.63, 3.8) is 0 Å². The highest BCUT2D eigenvalue weighted by Gasteiger charge is 2.17. The predicted octanol–water partition coefficient (Wildman–Crippen LogP) is 2.58. The van der Waals surface area contributed by atoms with Crippen molar-refractivity contribution >= 4 is 34.1 Å². The predicted molar refractivity (Wildman–Crippen MR) is 65.7 cm³/mol. The van der Waals surface area contributed by atoms with Crippen molar-refractivity contribution in [2.24, 2.45) is 0 Å². The molecule has 0 bridgehead atoms. The lowest BCUT2D eigenvalue weighted by molar-refractivity contribution is -0.385. The minimum atomic E-state index is -0.722. The molecular weight excluding hydrogens is 344 g/mol. The number of nitro benzene ring substituents is 1. The van der Waals surface area contributed by atoms with Gasteiger partial charge in [0.15, 0.2) is 11.6 Å². The lowest BCUT2D eigenvalue weighted by Crippen LogP contribution is -1.91. The van der Waals surface area contributed by atoms with E-state index >= 15 is 0 Å². The molecule has 0 aliphatic heterocycles. The number of benzene rings is 1. The van der Waals surface area contributed by atoms with Crippen molar-refractivity contribution in [1.29, 1.82) is 0 Å². The van der Waals surface area contributed by atoms with E-state index in [1.54, 1.807) is 0 Å². The zero-order valence-corrected chi connectivity index (χ0v) is 10.3. The minimum Gasteiger partial charge on any atom is -0.380 e. The fraction of sp³-hybridized carbons (Fsp3) is 0. The maximum atomic E-state index is 13.2. The van der Waals surface area contributed by atoms with Gasteiger partial charge in [0.1, 0.15) is 9.39 Å². The summed E-state index contributed by atoms with van der Waals surface area (Å²) in [6, 6.07) is 3.15. The molecule has 0 atom stereocenters. The van der Waals surface area contributed by atoms with Crippen molar-refractivity contribution in [1.82, 2.24) is 5.16 Å².